The number of hydrogen-bond acceptors (Lipinski definition) is 6. The Morgan fingerprint density at radius 1 is 0.208 bits per heavy atom. The van der Waals surface area contributed by atoms with Crippen LogP contribution in [0.4, 0.5) is 34.1 Å². The molecule has 6 N–H and O–H groups in total. The van der Waals surface area contributed by atoms with Crippen LogP contribution in [0.15, 0.2) is 146 Å². The van der Waals surface area contributed by atoms with Crippen molar-refractivity contribution in [1.29, 1.82) is 0 Å². The molecule has 0 amide bonds. The molecule has 0 heterocycles. The van der Waals surface area contributed by atoms with E-state index in [0.717, 1.165) is 72.6 Å². The molecule has 18 heteroatoms. The molecule has 0 spiro atoms. The number of hydrogen-bond donors (Lipinski definition) is 0. The first-order valence-corrected chi connectivity index (χ1v) is 21.8. The van der Waals surface area contributed by atoms with Crippen molar-refractivity contribution in [3.05, 3.63) is 213 Å². The summed E-state index contributed by atoms with van der Waals surface area (Å²) < 4.78 is 0. The molecule has 72 heavy (non-hydrogen) atoms. The maximum absolute atomic E-state index is 7.54. The van der Waals surface area contributed by atoms with E-state index >= 15 is 0 Å². The molecule has 6 aromatic rings. The van der Waals surface area contributed by atoms with Gasteiger partial charge in [0.2, 0.25) is 0 Å². The van der Waals surface area contributed by atoms with Crippen molar-refractivity contribution < 1.29 is 0 Å². The summed E-state index contributed by atoms with van der Waals surface area (Å²) in [5, 5.41) is 0. The van der Waals surface area contributed by atoms with Crippen LogP contribution in [0.25, 0.3) is 34.4 Å². The predicted octanol–water partition coefficient (Wildman–Crippen LogP) is 12.3. The molecular weight excluding hydrogens is 963 g/mol. The van der Waals surface area contributed by atoms with E-state index in [4.69, 9.17) is 34.4 Å². The summed E-state index contributed by atoms with van der Waals surface area (Å²) in [5.41, 5.74) is 55.5. The van der Waals surface area contributed by atoms with Crippen LogP contribution in [0.3, 0.4) is 0 Å². The number of benzene rings is 6. The minimum atomic E-state index is 0. The van der Waals surface area contributed by atoms with Crippen LogP contribution in [-0.2, 0) is 39.3 Å². The molecule has 0 saturated heterocycles. The van der Waals surface area contributed by atoms with Gasteiger partial charge in [0.05, 0.1) is 0 Å². The van der Waals surface area contributed by atoms with Gasteiger partial charge in [-0.3, -0.25) is 0 Å². The van der Waals surface area contributed by atoms with Crippen molar-refractivity contribution in [2.75, 3.05) is 84.6 Å². The van der Waals surface area contributed by atoms with E-state index in [0.29, 0.717) is 34.1 Å². The summed E-state index contributed by atoms with van der Waals surface area (Å²) >= 11 is 0. The second kappa shape index (κ2) is 47.9. The first-order chi connectivity index (χ1) is 31.2. The molecule has 0 saturated carbocycles. The fourth-order valence-corrected chi connectivity index (χ4v) is 5.99. The minimum absolute atomic E-state index is 0. The molecule has 6 rings (SSSR count). The molecule has 0 aliphatic heterocycles. The van der Waals surface area contributed by atoms with E-state index in [1.807, 2.05) is 230 Å². The molecule has 0 atom stereocenters. The second-order valence-corrected chi connectivity index (χ2v) is 17.4. The largest absolute Gasteiger partial charge is 2.00 e. The Kier molecular flexibility index (Phi) is 54.4. The van der Waals surface area contributed by atoms with Gasteiger partial charge >= 0.3 is 138 Å². The van der Waals surface area contributed by atoms with E-state index in [2.05, 4.69) is 29.4 Å². The molecule has 12 nitrogen and oxygen atoms in total. The predicted molar refractivity (Wildman–Crippen MR) is 321 cm³/mol. The molecule has 0 aliphatic carbocycles. The Morgan fingerprint density at radius 3 is 0.389 bits per heavy atom. The maximum atomic E-state index is 7.54. The normalized spacial score (nSPS) is 9.58. The Hall–Kier alpha value is -1.52. The number of nitrogens with one attached hydrogen (secondary N) is 6. The Bertz CT molecular complexity index is 1810. The fourth-order valence-electron chi connectivity index (χ4n) is 5.99. The molecule has 6 aromatic carbocycles. The van der Waals surface area contributed by atoms with Gasteiger partial charge in [-0.25, -0.2) is 0 Å². The molecule has 0 aromatic heterocycles. The van der Waals surface area contributed by atoms with Crippen LogP contribution in [0.1, 0.15) is 33.4 Å². The zero-order valence-electron chi connectivity index (χ0n) is 46.0. The third-order valence-electron chi connectivity index (χ3n) is 9.02. The first-order valence-electron chi connectivity index (χ1n) is 21.8. The molecule has 0 bridgehead atoms. The van der Waals surface area contributed by atoms with Gasteiger partial charge in [-0.2, -0.15) is 0 Å². The molecule has 360 valence electrons. The van der Waals surface area contributed by atoms with E-state index in [-0.39, 0.29) is 138 Å². The van der Waals surface area contributed by atoms with E-state index in [1.165, 1.54) is 0 Å². The van der Waals surface area contributed by atoms with Crippen molar-refractivity contribution in [2.45, 2.75) is 39.3 Å². The van der Waals surface area contributed by atoms with Crippen molar-refractivity contribution in [2.24, 2.45) is 0 Å². The number of nitrogens with zero attached hydrogens (tertiary/aromatic N) is 6. The van der Waals surface area contributed by atoms with Crippen LogP contribution in [0, 0.1) is 0 Å². The van der Waals surface area contributed by atoms with Gasteiger partial charge in [0.1, 0.15) is 0 Å². The van der Waals surface area contributed by atoms with Gasteiger partial charge in [-0.15, -0.1) is 34.1 Å². The summed E-state index contributed by atoms with van der Waals surface area (Å²) in [7, 11) is 24.1. The molecule has 0 radical (unpaired) electrons. The van der Waals surface area contributed by atoms with Crippen LogP contribution in [-0.4, -0.2) is 252 Å². The quantitative estimate of drug-likeness (QED) is 0.111. The Balaban J connectivity index is -0.000000179. The fraction of sp³-hybridized carbons (Fsp3) is 0.333. The second-order valence-electron chi connectivity index (χ2n) is 17.4. The van der Waals surface area contributed by atoms with E-state index in [9.17, 15) is 0 Å². The van der Waals surface area contributed by atoms with Crippen molar-refractivity contribution >= 4 is 172 Å². The smallest absolute Gasteiger partial charge is 0.698 e. The monoisotopic (exact) mass is 1040 g/mol. The van der Waals surface area contributed by atoms with Crippen molar-refractivity contribution in [3.63, 3.8) is 0 Å². The third kappa shape index (κ3) is 39.8. The Labute approximate surface area is 533 Å². The van der Waals surface area contributed by atoms with Gasteiger partial charge in [-0.05, 0) is 118 Å². The third-order valence-corrected chi connectivity index (χ3v) is 9.02. The summed E-state index contributed by atoms with van der Waals surface area (Å²) in [6.07, 6.45) is 0. The van der Waals surface area contributed by atoms with Gasteiger partial charge < -0.3 is 63.8 Å². The standard InChI is InChI=1S/6C9H13N2.6Mg/c6*1-11(2)7-8-5-3-4-6-9(8)10;;;;;;/h6*3-6,10H,7H2,1-2H3;;;;;;/q6*-1;6*+2. The van der Waals surface area contributed by atoms with Crippen LogP contribution < -0.4 is 0 Å². The zero-order valence-corrected chi connectivity index (χ0v) is 54.5. The maximum Gasteiger partial charge on any atom is 2.00 e. The number of rotatable bonds is 12. The van der Waals surface area contributed by atoms with Gasteiger partial charge in [-0.1, -0.05) is 146 Å². The van der Waals surface area contributed by atoms with Crippen molar-refractivity contribution in [1.82, 2.24) is 29.4 Å². The summed E-state index contributed by atoms with van der Waals surface area (Å²) in [6.45, 7) is 5.08. The van der Waals surface area contributed by atoms with Crippen LogP contribution >= 0.6 is 0 Å². The topological polar surface area (TPSA) is 162 Å². The Morgan fingerprint density at radius 2 is 0.306 bits per heavy atom. The van der Waals surface area contributed by atoms with E-state index in [1.54, 1.807) is 0 Å². The summed E-state index contributed by atoms with van der Waals surface area (Å²) in [6, 6.07) is 46.0. The first kappa shape index (κ1) is 81.8. The summed E-state index contributed by atoms with van der Waals surface area (Å²) in [5.74, 6) is 0. The van der Waals surface area contributed by atoms with Crippen LogP contribution in [0.2, 0.25) is 0 Å². The average Bonchev–Trinajstić information content (AvgIpc) is 3.23. The zero-order chi connectivity index (χ0) is 49.6. The average molecular weight is 1040 g/mol. The molecular formula is C54H78Mg6N12+6. The van der Waals surface area contributed by atoms with Gasteiger partial charge in [0.25, 0.3) is 0 Å². The molecule has 0 unspecified atom stereocenters. The summed E-state index contributed by atoms with van der Waals surface area (Å²) in [4.78, 5) is 12.4. The molecule has 0 aliphatic rings. The van der Waals surface area contributed by atoms with Crippen molar-refractivity contribution in [3.8, 4) is 0 Å². The minimum Gasteiger partial charge on any atom is -0.698 e. The van der Waals surface area contributed by atoms with Gasteiger partial charge in [0.15, 0.2) is 0 Å². The SMILES string of the molecule is CN(C)Cc1ccccc1[NH-].CN(C)Cc1ccccc1[NH-].CN(C)Cc1ccccc1[NH-].CN(C)Cc1ccccc1[NH-].CN(C)Cc1ccccc1[NH-].CN(C)Cc1ccccc1[NH-].[Mg+2].[Mg+2].[Mg+2].[Mg+2].[Mg+2].[Mg+2]. The van der Waals surface area contributed by atoms with Crippen LogP contribution in [0.5, 0.6) is 0 Å². The molecule has 0 fully saturated rings. The van der Waals surface area contributed by atoms with Gasteiger partial charge in [0, 0.05) is 39.3 Å². The van der Waals surface area contributed by atoms with E-state index < -0.39 is 0 Å².